The van der Waals surface area contributed by atoms with Crippen molar-refractivity contribution in [3.63, 3.8) is 0 Å². The average molecular weight is 329 g/mol. The SMILES string of the molecule is CCc1ccc(C2CN(C(=O)CCc3cccs3)CCO2)cc1. The summed E-state index contributed by atoms with van der Waals surface area (Å²) in [5, 5.41) is 2.06. The van der Waals surface area contributed by atoms with Gasteiger partial charge in [0.25, 0.3) is 0 Å². The van der Waals surface area contributed by atoms with Crippen LogP contribution in [0.3, 0.4) is 0 Å². The van der Waals surface area contributed by atoms with E-state index in [1.807, 2.05) is 11.0 Å². The van der Waals surface area contributed by atoms with Crippen molar-refractivity contribution in [2.24, 2.45) is 0 Å². The summed E-state index contributed by atoms with van der Waals surface area (Å²) in [6.07, 6.45) is 2.46. The molecule has 2 heterocycles. The van der Waals surface area contributed by atoms with Crippen molar-refractivity contribution in [3.05, 3.63) is 57.8 Å². The summed E-state index contributed by atoms with van der Waals surface area (Å²) in [4.78, 5) is 15.7. The Bertz CT molecular complexity index is 621. The number of thiophene rings is 1. The van der Waals surface area contributed by atoms with Crippen LogP contribution < -0.4 is 0 Å². The molecule has 1 amide bonds. The molecule has 0 spiro atoms. The van der Waals surface area contributed by atoms with Gasteiger partial charge in [-0.1, -0.05) is 37.3 Å². The molecule has 0 N–H and O–H groups in total. The molecule has 0 bridgehead atoms. The molecule has 1 unspecified atom stereocenters. The van der Waals surface area contributed by atoms with Gasteiger partial charge in [0.15, 0.2) is 0 Å². The van der Waals surface area contributed by atoms with Crippen LogP contribution >= 0.6 is 11.3 Å². The number of rotatable bonds is 5. The van der Waals surface area contributed by atoms with E-state index in [4.69, 9.17) is 4.74 Å². The zero-order valence-corrected chi connectivity index (χ0v) is 14.3. The molecule has 1 aliphatic rings. The van der Waals surface area contributed by atoms with Crippen LogP contribution in [-0.2, 0) is 22.4 Å². The van der Waals surface area contributed by atoms with Gasteiger partial charge < -0.3 is 9.64 Å². The molecule has 0 radical (unpaired) electrons. The summed E-state index contributed by atoms with van der Waals surface area (Å²) in [7, 11) is 0. The predicted octanol–water partition coefficient (Wildman–Crippen LogP) is 3.84. The number of benzene rings is 1. The van der Waals surface area contributed by atoms with Crippen molar-refractivity contribution in [3.8, 4) is 0 Å². The quantitative estimate of drug-likeness (QED) is 0.834. The van der Waals surface area contributed by atoms with Crippen LogP contribution in [0.4, 0.5) is 0 Å². The maximum atomic E-state index is 12.4. The van der Waals surface area contributed by atoms with Crippen LogP contribution in [0.25, 0.3) is 0 Å². The Labute approximate surface area is 141 Å². The van der Waals surface area contributed by atoms with Crippen molar-refractivity contribution >= 4 is 17.2 Å². The van der Waals surface area contributed by atoms with E-state index in [-0.39, 0.29) is 12.0 Å². The zero-order chi connectivity index (χ0) is 16.1. The van der Waals surface area contributed by atoms with Gasteiger partial charge in [0.1, 0.15) is 6.10 Å². The first-order valence-corrected chi connectivity index (χ1v) is 9.15. The highest BCUT2D eigenvalue weighted by atomic mass is 32.1. The minimum Gasteiger partial charge on any atom is -0.370 e. The molecule has 3 rings (SSSR count). The van der Waals surface area contributed by atoms with E-state index in [9.17, 15) is 4.79 Å². The Hall–Kier alpha value is -1.65. The molecule has 3 nitrogen and oxygen atoms in total. The van der Waals surface area contributed by atoms with Crippen LogP contribution in [0.1, 0.15) is 35.5 Å². The second-order valence-corrected chi connectivity index (χ2v) is 6.91. The molecule has 23 heavy (non-hydrogen) atoms. The van der Waals surface area contributed by atoms with Gasteiger partial charge in [0.05, 0.1) is 13.2 Å². The van der Waals surface area contributed by atoms with Crippen molar-refractivity contribution in [1.82, 2.24) is 4.90 Å². The summed E-state index contributed by atoms with van der Waals surface area (Å²) in [5.41, 5.74) is 2.49. The number of hydrogen-bond donors (Lipinski definition) is 0. The van der Waals surface area contributed by atoms with Crippen LogP contribution in [0.15, 0.2) is 41.8 Å². The first kappa shape index (κ1) is 16.2. The molecule has 1 aliphatic heterocycles. The third-order valence-corrected chi connectivity index (χ3v) is 5.28. The molecule has 1 saturated heterocycles. The number of nitrogens with zero attached hydrogens (tertiary/aromatic N) is 1. The molecular weight excluding hydrogens is 306 g/mol. The lowest BCUT2D eigenvalue weighted by atomic mass is 10.0. The summed E-state index contributed by atoms with van der Waals surface area (Å²) in [5.74, 6) is 0.233. The highest BCUT2D eigenvalue weighted by molar-refractivity contribution is 7.09. The van der Waals surface area contributed by atoms with Gasteiger partial charge in [0, 0.05) is 17.8 Å². The minimum atomic E-state index is 0.000318. The molecule has 1 fully saturated rings. The smallest absolute Gasteiger partial charge is 0.223 e. The zero-order valence-electron chi connectivity index (χ0n) is 13.5. The van der Waals surface area contributed by atoms with E-state index in [0.717, 1.165) is 18.4 Å². The highest BCUT2D eigenvalue weighted by Gasteiger charge is 2.25. The lowest BCUT2D eigenvalue weighted by Gasteiger charge is -2.33. The third kappa shape index (κ3) is 4.21. The molecule has 0 aliphatic carbocycles. The second kappa shape index (κ2) is 7.75. The van der Waals surface area contributed by atoms with Crippen LogP contribution in [0, 0.1) is 0 Å². The Morgan fingerprint density at radius 2 is 2.13 bits per heavy atom. The van der Waals surface area contributed by atoms with Crippen molar-refractivity contribution in [2.75, 3.05) is 19.7 Å². The van der Waals surface area contributed by atoms with Crippen LogP contribution in [-0.4, -0.2) is 30.5 Å². The van der Waals surface area contributed by atoms with E-state index in [1.54, 1.807) is 11.3 Å². The predicted molar refractivity (Wildman–Crippen MR) is 93.7 cm³/mol. The van der Waals surface area contributed by atoms with Gasteiger partial charge in [-0.2, -0.15) is 0 Å². The van der Waals surface area contributed by atoms with E-state index >= 15 is 0 Å². The summed E-state index contributed by atoms with van der Waals surface area (Å²) < 4.78 is 5.88. The van der Waals surface area contributed by atoms with Gasteiger partial charge in [-0.05, 0) is 35.4 Å². The highest BCUT2D eigenvalue weighted by Crippen LogP contribution is 2.23. The lowest BCUT2D eigenvalue weighted by Crippen LogP contribution is -2.42. The molecule has 1 aromatic heterocycles. The summed E-state index contributed by atoms with van der Waals surface area (Å²) in [6, 6.07) is 12.7. The maximum Gasteiger partial charge on any atom is 0.223 e. The molecular formula is C19H23NO2S. The number of amides is 1. The fraction of sp³-hybridized carbons (Fsp3) is 0.421. The Kier molecular flexibility index (Phi) is 5.47. The van der Waals surface area contributed by atoms with Crippen molar-refractivity contribution in [2.45, 2.75) is 32.3 Å². The number of ether oxygens (including phenoxy) is 1. The third-order valence-electron chi connectivity index (χ3n) is 4.34. The normalized spacial score (nSPS) is 18.1. The molecule has 1 aromatic carbocycles. The van der Waals surface area contributed by atoms with Gasteiger partial charge in [-0.25, -0.2) is 0 Å². The number of hydrogen-bond acceptors (Lipinski definition) is 3. The van der Waals surface area contributed by atoms with Gasteiger partial charge in [-0.15, -0.1) is 11.3 Å². The average Bonchev–Trinajstić information content (AvgIpc) is 3.13. The molecule has 2 aromatic rings. The van der Waals surface area contributed by atoms with Crippen LogP contribution in [0.2, 0.25) is 0 Å². The Morgan fingerprint density at radius 3 is 2.83 bits per heavy atom. The van der Waals surface area contributed by atoms with Gasteiger partial charge in [0.2, 0.25) is 5.91 Å². The number of aryl methyl sites for hydroxylation is 2. The molecule has 1 atom stereocenters. The molecule has 122 valence electrons. The first-order chi connectivity index (χ1) is 11.3. The number of carbonyl (C=O) groups excluding carboxylic acids is 1. The molecule has 4 heteroatoms. The van der Waals surface area contributed by atoms with Crippen molar-refractivity contribution in [1.29, 1.82) is 0 Å². The van der Waals surface area contributed by atoms with Crippen LogP contribution in [0.5, 0.6) is 0 Å². The number of morpholine rings is 1. The van der Waals surface area contributed by atoms with Crippen molar-refractivity contribution < 1.29 is 9.53 Å². The second-order valence-electron chi connectivity index (χ2n) is 5.87. The lowest BCUT2D eigenvalue weighted by molar-refractivity contribution is -0.139. The standard InChI is InChI=1S/C19H23NO2S/c1-2-15-5-7-16(8-6-15)18-14-20(11-12-22-18)19(21)10-9-17-4-3-13-23-17/h3-8,13,18H,2,9-12,14H2,1H3. The Balaban J connectivity index is 1.57. The minimum absolute atomic E-state index is 0.000318. The molecule has 0 saturated carbocycles. The largest absolute Gasteiger partial charge is 0.370 e. The maximum absolute atomic E-state index is 12.4. The van der Waals surface area contributed by atoms with Gasteiger partial charge >= 0.3 is 0 Å². The van der Waals surface area contributed by atoms with E-state index in [0.29, 0.717) is 26.1 Å². The van der Waals surface area contributed by atoms with Gasteiger partial charge in [-0.3, -0.25) is 4.79 Å². The summed E-state index contributed by atoms with van der Waals surface area (Å²) >= 11 is 1.72. The van der Waals surface area contributed by atoms with E-state index < -0.39 is 0 Å². The monoisotopic (exact) mass is 329 g/mol. The summed E-state index contributed by atoms with van der Waals surface area (Å²) in [6.45, 7) is 4.13. The fourth-order valence-corrected chi connectivity index (χ4v) is 3.60. The topological polar surface area (TPSA) is 29.5 Å². The Morgan fingerprint density at radius 1 is 1.30 bits per heavy atom. The number of carbonyl (C=O) groups is 1. The first-order valence-electron chi connectivity index (χ1n) is 8.27. The van der Waals surface area contributed by atoms with E-state index in [2.05, 4.69) is 42.6 Å². The fourth-order valence-electron chi connectivity index (χ4n) is 2.89. The van der Waals surface area contributed by atoms with E-state index in [1.165, 1.54) is 10.4 Å².